The third-order valence-corrected chi connectivity index (χ3v) is 4.58. The Bertz CT molecular complexity index is 636. The van der Waals surface area contributed by atoms with E-state index in [9.17, 15) is 4.79 Å². The number of carbonyl (C=O) groups excluding carboxylic acids is 1. The number of rotatable bonds is 5. The summed E-state index contributed by atoms with van der Waals surface area (Å²) in [5.74, 6) is 1.26. The van der Waals surface area contributed by atoms with E-state index in [4.69, 9.17) is 4.74 Å². The fourth-order valence-electron chi connectivity index (χ4n) is 3.31. The summed E-state index contributed by atoms with van der Waals surface area (Å²) in [6.07, 6.45) is 3.82. The molecule has 2 aromatic rings. The van der Waals surface area contributed by atoms with Crippen molar-refractivity contribution in [3.63, 3.8) is 0 Å². The molecule has 1 fully saturated rings. The Hall–Kier alpha value is -2.29. The molecular formula is C20H23NO2. The second-order valence-corrected chi connectivity index (χ2v) is 6.08. The van der Waals surface area contributed by atoms with Gasteiger partial charge in [-0.1, -0.05) is 36.8 Å². The van der Waals surface area contributed by atoms with Crippen LogP contribution in [0.3, 0.4) is 0 Å². The van der Waals surface area contributed by atoms with Crippen molar-refractivity contribution >= 4 is 11.5 Å². The largest absolute Gasteiger partial charge is 0.497 e. The number of ether oxygens (including phenoxy) is 1. The molecular weight excluding hydrogens is 286 g/mol. The molecule has 1 saturated carbocycles. The van der Waals surface area contributed by atoms with Gasteiger partial charge < -0.3 is 10.1 Å². The number of methoxy groups -OCH3 is 1. The molecule has 0 saturated heterocycles. The smallest absolute Gasteiger partial charge is 0.138 e. The van der Waals surface area contributed by atoms with E-state index in [0.717, 1.165) is 30.7 Å². The van der Waals surface area contributed by atoms with Crippen molar-refractivity contribution in [2.45, 2.75) is 31.7 Å². The Morgan fingerprint density at radius 2 is 1.78 bits per heavy atom. The summed E-state index contributed by atoms with van der Waals surface area (Å²) in [6, 6.07) is 18.2. The lowest BCUT2D eigenvalue weighted by Gasteiger charge is -2.31. The van der Waals surface area contributed by atoms with Crippen LogP contribution in [-0.2, 0) is 4.79 Å². The summed E-state index contributed by atoms with van der Waals surface area (Å²) < 4.78 is 5.21. The van der Waals surface area contributed by atoms with E-state index in [1.165, 1.54) is 5.56 Å². The maximum Gasteiger partial charge on any atom is 0.138 e. The first-order valence-corrected chi connectivity index (χ1v) is 8.26. The molecule has 0 aliphatic heterocycles. The van der Waals surface area contributed by atoms with Gasteiger partial charge in [-0.2, -0.15) is 0 Å². The quantitative estimate of drug-likeness (QED) is 0.876. The van der Waals surface area contributed by atoms with Crippen LogP contribution in [0, 0.1) is 5.92 Å². The van der Waals surface area contributed by atoms with E-state index in [2.05, 4.69) is 17.4 Å². The second-order valence-electron chi connectivity index (χ2n) is 6.08. The predicted octanol–water partition coefficient (Wildman–Crippen LogP) is 4.61. The lowest BCUT2D eigenvalue weighted by Crippen LogP contribution is -2.30. The van der Waals surface area contributed by atoms with E-state index in [1.54, 1.807) is 7.11 Å². The van der Waals surface area contributed by atoms with Crippen molar-refractivity contribution < 1.29 is 9.53 Å². The van der Waals surface area contributed by atoms with Gasteiger partial charge in [-0.3, -0.25) is 4.79 Å². The lowest BCUT2D eigenvalue weighted by atomic mass is 9.80. The molecule has 2 atom stereocenters. The molecule has 0 bridgehead atoms. The number of benzene rings is 2. The van der Waals surface area contributed by atoms with Gasteiger partial charge in [0.15, 0.2) is 0 Å². The molecule has 0 spiro atoms. The zero-order valence-electron chi connectivity index (χ0n) is 13.5. The van der Waals surface area contributed by atoms with E-state index >= 15 is 0 Å². The first-order valence-electron chi connectivity index (χ1n) is 8.26. The third kappa shape index (κ3) is 3.73. The Balaban J connectivity index is 1.86. The predicted molar refractivity (Wildman–Crippen MR) is 92.8 cm³/mol. The molecule has 2 aromatic carbocycles. The van der Waals surface area contributed by atoms with Crippen molar-refractivity contribution in [3.05, 3.63) is 60.2 Å². The number of Topliss-reactive ketones (excluding diaryl/α,β-unsaturated/α-hetero) is 1. The highest BCUT2D eigenvalue weighted by Gasteiger charge is 2.31. The van der Waals surface area contributed by atoms with Crippen molar-refractivity contribution in [2.75, 3.05) is 12.4 Å². The van der Waals surface area contributed by atoms with Gasteiger partial charge in [-0.15, -0.1) is 0 Å². The van der Waals surface area contributed by atoms with E-state index in [1.807, 2.05) is 42.5 Å². The topological polar surface area (TPSA) is 38.3 Å². The fraction of sp³-hybridized carbons (Fsp3) is 0.350. The number of anilines is 1. The summed E-state index contributed by atoms with van der Waals surface area (Å²) in [7, 11) is 1.66. The maximum atomic E-state index is 12.4. The molecule has 2 unspecified atom stereocenters. The Labute approximate surface area is 137 Å². The lowest BCUT2D eigenvalue weighted by molar-refractivity contribution is -0.125. The van der Waals surface area contributed by atoms with Crippen molar-refractivity contribution in [2.24, 2.45) is 5.92 Å². The number of carbonyl (C=O) groups is 1. The average Bonchev–Trinajstić information content (AvgIpc) is 2.62. The van der Waals surface area contributed by atoms with Gasteiger partial charge in [0, 0.05) is 18.0 Å². The summed E-state index contributed by atoms with van der Waals surface area (Å²) in [6.45, 7) is 0. The van der Waals surface area contributed by atoms with Gasteiger partial charge >= 0.3 is 0 Å². The van der Waals surface area contributed by atoms with Crippen LogP contribution in [0.25, 0.3) is 0 Å². The zero-order chi connectivity index (χ0) is 16.1. The van der Waals surface area contributed by atoms with Gasteiger partial charge in [-0.05, 0) is 42.7 Å². The van der Waals surface area contributed by atoms with Crippen LogP contribution in [0.5, 0.6) is 5.75 Å². The highest BCUT2D eigenvalue weighted by atomic mass is 16.5. The monoisotopic (exact) mass is 309 g/mol. The highest BCUT2D eigenvalue weighted by molar-refractivity contribution is 5.83. The van der Waals surface area contributed by atoms with Crippen molar-refractivity contribution in [1.82, 2.24) is 0 Å². The highest BCUT2D eigenvalue weighted by Crippen LogP contribution is 2.35. The van der Waals surface area contributed by atoms with Gasteiger partial charge in [-0.25, -0.2) is 0 Å². The molecule has 3 nitrogen and oxygen atoms in total. The van der Waals surface area contributed by atoms with Gasteiger partial charge in [0.25, 0.3) is 0 Å². The standard InChI is InChI=1S/C20H23NO2/c1-23-17-13-11-16(12-14-17)21-20(15-7-3-2-4-8-15)18-9-5-6-10-19(18)22/h2-4,7-8,11-14,18,20-21H,5-6,9-10H2,1H3. The molecule has 3 rings (SSSR count). The number of hydrogen-bond donors (Lipinski definition) is 1. The van der Waals surface area contributed by atoms with Crippen molar-refractivity contribution in [1.29, 1.82) is 0 Å². The summed E-state index contributed by atoms with van der Waals surface area (Å²) >= 11 is 0. The normalized spacial score (nSPS) is 19.2. The summed E-state index contributed by atoms with van der Waals surface area (Å²) in [5.41, 5.74) is 2.18. The molecule has 1 N–H and O–H groups in total. The van der Waals surface area contributed by atoms with E-state index in [-0.39, 0.29) is 12.0 Å². The minimum absolute atomic E-state index is 0.0254. The van der Waals surface area contributed by atoms with Crippen LogP contribution in [0.15, 0.2) is 54.6 Å². The fourth-order valence-corrected chi connectivity index (χ4v) is 3.31. The Kier molecular flexibility index (Phi) is 4.96. The first-order chi connectivity index (χ1) is 11.3. The molecule has 0 amide bonds. The average molecular weight is 309 g/mol. The van der Waals surface area contributed by atoms with Crippen LogP contribution >= 0.6 is 0 Å². The molecule has 1 aliphatic rings. The maximum absolute atomic E-state index is 12.4. The van der Waals surface area contributed by atoms with Crippen LogP contribution in [-0.4, -0.2) is 12.9 Å². The number of ketones is 1. The summed E-state index contributed by atoms with van der Waals surface area (Å²) in [4.78, 5) is 12.4. The molecule has 0 aromatic heterocycles. The minimum atomic E-state index is 0.0254. The van der Waals surface area contributed by atoms with Crippen LogP contribution in [0.2, 0.25) is 0 Å². The molecule has 0 radical (unpaired) electrons. The SMILES string of the molecule is COc1ccc(NC(c2ccccc2)C2CCCCC2=O)cc1. The third-order valence-electron chi connectivity index (χ3n) is 4.58. The molecule has 120 valence electrons. The molecule has 1 aliphatic carbocycles. The molecule has 23 heavy (non-hydrogen) atoms. The van der Waals surface area contributed by atoms with Crippen molar-refractivity contribution in [3.8, 4) is 5.75 Å². The van der Waals surface area contributed by atoms with E-state index < -0.39 is 0 Å². The number of nitrogens with one attached hydrogen (secondary N) is 1. The Morgan fingerprint density at radius 3 is 2.43 bits per heavy atom. The van der Waals surface area contributed by atoms with E-state index in [0.29, 0.717) is 12.2 Å². The Morgan fingerprint density at radius 1 is 1.04 bits per heavy atom. The minimum Gasteiger partial charge on any atom is -0.497 e. The first kappa shape index (κ1) is 15.6. The van der Waals surface area contributed by atoms with Crippen LogP contribution < -0.4 is 10.1 Å². The van der Waals surface area contributed by atoms with Gasteiger partial charge in [0.05, 0.1) is 13.2 Å². The number of hydrogen-bond acceptors (Lipinski definition) is 3. The molecule has 0 heterocycles. The van der Waals surface area contributed by atoms with Gasteiger partial charge in [0.1, 0.15) is 11.5 Å². The van der Waals surface area contributed by atoms with Crippen LogP contribution in [0.4, 0.5) is 5.69 Å². The summed E-state index contributed by atoms with van der Waals surface area (Å²) in [5, 5.41) is 3.57. The van der Waals surface area contributed by atoms with Gasteiger partial charge in [0.2, 0.25) is 0 Å². The zero-order valence-corrected chi connectivity index (χ0v) is 13.5. The van der Waals surface area contributed by atoms with Crippen LogP contribution in [0.1, 0.15) is 37.3 Å². The second kappa shape index (κ2) is 7.32. The molecule has 3 heteroatoms.